The number of nitrogens with one attached hydrogen (secondary N) is 1. The molecule has 0 aromatic rings. The first kappa shape index (κ1) is 12.4. The molecule has 2 atom stereocenters. The SMILES string of the molecule is CCC1CN(CC2CCCC2)C(CC)CN1. The van der Waals surface area contributed by atoms with E-state index in [0.717, 1.165) is 18.0 Å². The first-order valence-electron chi connectivity index (χ1n) is 7.30. The molecule has 2 nitrogen and oxygen atoms in total. The predicted molar refractivity (Wildman–Crippen MR) is 69.7 cm³/mol. The van der Waals surface area contributed by atoms with Crippen molar-refractivity contribution < 1.29 is 0 Å². The van der Waals surface area contributed by atoms with E-state index in [2.05, 4.69) is 24.1 Å². The van der Waals surface area contributed by atoms with Crippen LogP contribution in [0.15, 0.2) is 0 Å². The molecule has 2 fully saturated rings. The minimum Gasteiger partial charge on any atom is -0.311 e. The van der Waals surface area contributed by atoms with Gasteiger partial charge in [0, 0.05) is 31.7 Å². The van der Waals surface area contributed by atoms with E-state index in [4.69, 9.17) is 0 Å². The molecule has 0 bridgehead atoms. The van der Waals surface area contributed by atoms with E-state index in [9.17, 15) is 0 Å². The lowest BCUT2D eigenvalue weighted by Gasteiger charge is -2.41. The second-order valence-corrected chi connectivity index (χ2v) is 5.68. The van der Waals surface area contributed by atoms with E-state index in [1.54, 1.807) is 0 Å². The molecule has 2 heteroatoms. The number of piperazine rings is 1. The van der Waals surface area contributed by atoms with Gasteiger partial charge in [-0.2, -0.15) is 0 Å². The molecule has 0 aromatic heterocycles. The molecule has 1 heterocycles. The molecule has 1 saturated carbocycles. The Kier molecular flexibility index (Phi) is 4.66. The van der Waals surface area contributed by atoms with Crippen molar-refractivity contribution in [2.75, 3.05) is 19.6 Å². The largest absolute Gasteiger partial charge is 0.311 e. The van der Waals surface area contributed by atoms with E-state index in [-0.39, 0.29) is 0 Å². The standard InChI is InChI=1S/C14H28N2/c1-3-13-11-16(14(4-2)9-15-13)10-12-7-5-6-8-12/h12-15H,3-11H2,1-2H3. The van der Waals surface area contributed by atoms with Gasteiger partial charge in [0.1, 0.15) is 0 Å². The Bertz CT molecular complexity index is 199. The van der Waals surface area contributed by atoms with Crippen LogP contribution in [0.25, 0.3) is 0 Å². The minimum absolute atomic E-state index is 0.740. The summed E-state index contributed by atoms with van der Waals surface area (Å²) in [6.45, 7) is 8.50. The molecule has 2 rings (SSSR count). The average molecular weight is 224 g/mol. The van der Waals surface area contributed by atoms with Gasteiger partial charge in [-0.3, -0.25) is 4.90 Å². The van der Waals surface area contributed by atoms with Crippen LogP contribution in [-0.4, -0.2) is 36.6 Å². The zero-order valence-electron chi connectivity index (χ0n) is 11.0. The van der Waals surface area contributed by atoms with E-state index in [1.807, 2.05) is 0 Å². The molecule has 0 spiro atoms. The number of hydrogen-bond donors (Lipinski definition) is 1. The molecule has 1 saturated heterocycles. The van der Waals surface area contributed by atoms with Crippen molar-refractivity contribution in [3.63, 3.8) is 0 Å². The highest BCUT2D eigenvalue weighted by molar-refractivity contribution is 4.86. The fraction of sp³-hybridized carbons (Fsp3) is 1.00. The highest BCUT2D eigenvalue weighted by Crippen LogP contribution is 2.27. The molecule has 0 aromatic carbocycles. The monoisotopic (exact) mass is 224 g/mol. The zero-order valence-corrected chi connectivity index (χ0v) is 11.0. The normalized spacial score (nSPS) is 33.4. The van der Waals surface area contributed by atoms with Crippen LogP contribution in [0.2, 0.25) is 0 Å². The van der Waals surface area contributed by atoms with Gasteiger partial charge in [0.05, 0.1) is 0 Å². The molecule has 2 aliphatic rings. The summed E-state index contributed by atoms with van der Waals surface area (Å²) >= 11 is 0. The van der Waals surface area contributed by atoms with Crippen LogP contribution >= 0.6 is 0 Å². The van der Waals surface area contributed by atoms with Gasteiger partial charge in [0.15, 0.2) is 0 Å². The Morgan fingerprint density at radius 2 is 1.88 bits per heavy atom. The number of hydrogen-bond acceptors (Lipinski definition) is 2. The molecule has 1 aliphatic carbocycles. The van der Waals surface area contributed by atoms with Gasteiger partial charge in [0.2, 0.25) is 0 Å². The third-order valence-electron chi connectivity index (χ3n) is 4.54. The van der Waals surface area contributed by atoms with Gasteiger partial charge < -0.3 is 5.32 Å². The third kappa shape index (κ3) is 2.98. The topological polar surface area (TPSA) is 15.3 Å². The maximum absolute atomic E-state index is 3.68. The van der Waals surface area contributed by atoms with Crippen LogP contribution in [0.5, 0.6) is 0 Å². The highest BCUT2D eigenvalue weighted by atomic mass is 15.2. The molecule has 94 valence electrons. The van der Waals surface area contributed by atoms with E-state index in [1.165, 1.54) is 58.2 Å². The van der Waals surface area contributed by atoms with Crippen LogP contribution < -0.4 is 5.32 Å². The molecule has 1 aliphatic heterocycles. The van der Waals surface area contributed by atoms with Crippen LogP contribution in [-0.2, 0) is 0 Å². The third-order valence-corrected chi connectivity index (χ3v) is 4.54. The summed E-state index contributed by atoms with van der Waals surface area (Å²) in [4.78, 5) is 2.78. The van der Waals surface area contributed by atoms with Gasteiger partial charge in [-0.15, -0.1) is 0 Å². The van der Waals surface area contributed by atoms with Crippen molar-refractivity contribution in [3.8, 4) is 0 Å². The molecular formula is C14H28N2. The first-order chi connectivity index (χ1) is 7.83. The Hall–Kier alpha value is -0.0800. The smallest absolute Gasteiger partial charge is 0.0218 e. The number of nitrogens with zero attached hydrogens (tertiary/aromatic N) is 1. The van der Waals surface area contributed by atoms with E-state index in [0.29, 0.717) is 0 Å². The summed E-state index contributed by atoms with van der Waals surface area (Å²) in [5.41, 5.74) is 0. The van der Waals surface area contributed by atoms with Gasteiger partial charge in [0.25, 0.3) is 0 Å². The van der Waals surface area contributed by atoms with Gasteiger partial charge in [-0.05, 0) is 31.6 Å². The van der Waals surface area contributed by atoms with Crippen molar-refractivity contribution in [3.05, 3.63) is 0 Å². The fourth-order valence-electron chi connectivity index (χ4n) is 3.35. The number of rotatable bonds is 4. The van der Waals surface area contributed by atoms with Gasteiger partial charge in [-0.25, -0.2) is 0 Å². The molecule has 0 radical (unpaired) electrons. The van der Waals surface area contributed by atoms with Crippen LogP contribution in [0, 0.1) is 5.92 Å². The Morgan fingerprint density at radius 1 is 1.12 bits per heavy atom. The van der Waals surface area contributed by atoms with Crippen molar-refractivity contribution in [2.45, 2.75) is 64.5 Å². The van der Waals surface area contributed by atoms with E-state index < -0.39 is 0 Å². The maximum Gasteiger partial charge on any atom is 0.0218 e. The minimum atomic E-state index is 0.740. The second-order valence-electron chi connectivity index (χ2n) is 5.68. The van der Waals surface area contributed by atoms with Crippen molar-refractivity contribution in [2.24, 2.45) is 5.92 Å². The van der Waals surface area contributed by atoms with Crippen LogP contribution in [0.4, 0.5) is 0 Å². The van der Waals surface area contributed by atoms with Crippen molar-refractivity contribution in [1.82, 2.24) is 10.2 Å². The van der Waals surface area contributed by atoms with E-state index >= 15 is 0 Å². The second kappa shape index (κ2) is 6.02. The summed E-state index contributed by atoms with van der Waals surface area (Å²) < 4.78 is 0. The molecule has 16 heavy (non-hydrogen) atoms. The Balaban J connectivity index is 1.86. The molecular weight excluding hydrogens is 196 g/mol. The first-order valence-corrected chi connectivity index (χ1v) is 7.30. The zero-order chi connectivity index (χ0) is 11.4. The molecule has 2 unspecified atom stereocenters. The lowest BCUT2D eigenvalue weighted by Crippen LogP contribution is -2.56. The summed E-state index contributed by atoms with van der Waals surface area (Å²) in [5.74, 6) is 1.00. The maximum atomic E-state index is 3.68. The molecule has 1 N–H and O–H groups in total. The quantitative estimate of drug-likeness (QED) is 0.790. The van der Waals surface area contributed by atoms with Gasteiger partial charge in [-0.1, -0.05) is 26.7 Å². The van der Waals surface area contributed by atoms with Crippen LogP contribution in [0.1, 0.15) is 52.4 Å². The fourth-order valence-corrected chi connectivity index (χ4v) is 3.35. The van der Waals surface area contributed by atoms with Crippen LogP contribution in [0.3, 0.4) is 0 Å². The highest BCUT2D eigenvalue weighted by Gasteiger charge is 2.28. The average Bonchev–Trinajstić information content (AvgIpc) is 2.82. The Labute approximate surface area is 101 Å². The van der Waals surface area contributed by atoms with Crippen molar-refractivity contribution in [1.29, 1.82) is 0 Å². The van der Waals surface area contributed by atoms with Gasteiger partial charge >= 0.3 is 0 Å². The Morgan fingerprint density at radius 3 is 2.50 bits per heavy atom. The predicted octanol–water partition coefficient (Wildman–Crippen LogP) is 2.64. The summed E-state index contributed by atoms with van der Waals surface area (Å²) in [5, 5.41) is 3.68. The summed E-state index contributed by atoms with van der Waals surface area (Å²) in [7, 11) is 0. The molecule has 0 amide bonds. The summed E-state index contributed by atoms with van der Waals surface area (Å²) in [6, 6.07) is 1.53. The lowest BCUT2D eigenvalue weighted by atomic mass is 10.0. The lowest BCUT2D eigenvalue weighted by molar-refractivity contribution is 0.106. The summed E-state index contributed by atoms with van der Waals surface area (Å²) in [6.07, 6.45) is 8.50. The van der Waals surface area contributed by atoms with Crippen molar-refractivity contribution >= 4 is 0 Å².